The predicted molar refractivity (Wildman–Crippen MR) is 69.7 cm³/mol. The molecule has 0 aliphatic heterocycles. The number of aliphatic hydroxyl groups is 1. The number of nitrogens with zero attached hydrogens (tertiary/aromatic N) is 1. The zero-order chi connectivity index (χ0) is 13.5. The SMILES string of the molecule is CCN(CC(C)C[Si](OC)(OC)OC)C(C)O. The second-order valence-electron chi connectivity index (χ2n) is 4.32. The van der Waals surface area contributed by atoms with E-state index in [4.69, 9.17) is 13.3 Å². The van der Waals surface area contributed by atoms with E-state index < -0.39 is 15.0 Å². The Morgan fingerprint density at radius 3 is 1.88 bits per heavy atom. The summed E-state index contributed by atoms with van der Waals surface area (Å²) in [7, 11) is 2.37. The highest BCUT2D eigenvalue weighted by Gasteiger charge is 2.39. The van der Waals surface area contributed by atoms with Crippen LogP contribution in [0.1, 0.15) is 20.8 Å². The summed E-state index contributed by atoms with van der Waals surface area (Å²) in [5.41, 5.74) is 0. The van der Waals surface area contributed by atoms with Crippen LogP contribution in [0, 0.1) is 5.92 Å². The molecule has 0 aliphatic carbocycles. The average Bonchev–Trinajstić information content (AvgIpc) is 2.32. The Balaban J connectivity index is 4.36. The molecule has 0 saturated carbocycles. The molecule has 17 heavy (non-hydrogen) atoms. The first kappa shape index (κ1) is 17.0. The van der Waals surface area contributed by atoms with Gasteiger partial charge in [-0.05, 0) is 19.4 Å². The van der Waals surface area contributed by atoms with E-state index in [9.17, 15) is 5.11 Å². The maximum absolute atomic E-state index is 9.57. The number of hydrogen-bond acceptors (Lipinski definition) is 5. The molecule has 5 nitrogen and oxygen atoms in total. The lowest BCUT2D eigenvalue weighted by molar-refractivity contribution is 0.0127. The van der Waals surface area contributed by atoms with Crippen LogP contribution in [0.15, 0.2) is 0 Å². The molecule has 0 heterocycles. The lowest BCUT2D eigenvalue weighted by Crippen LogP contribution is -2.46. The number of hydrogen-bond donors (Lipinski definition) is 1. The maximum atomic E-state index is 9.57. The van der Waals surface area contributed by atoms with Gasteiger partial charge in [-0.3, -0.25) is 4.90 Å². The van der Waals surface area contributed by atoms with Crippen LogP contribution in [0.4, 0.5) is 0 Å². The first-order valence-corrected chi connectivity index (χ1v) is 7.95. The van der Waals surface area contributed by atoms with E-state index in [0.717, 1.165) is 19.1 Å². The van der Waals surface area contributed by atoms with Gasteiger partial charge in [0.2, 0.25) is 0 Å². The van der Waals surface area contributed by atoms with E-state index in [0.29, 0.717) is 5.92 Å². The van der Waals surface area contributed by atoms with Gasteiger partial charge in [0.05, 0.1) is 0 Å². The molecule has 2 atom stereocenters. The second-order valence-corrected chi connectivity index (χ2v) is 7.32. The highest BCUT2D eigenvalue weighted by molar-refractivity contribution is 6.60. The van der Waals surface area contributed by atoms with Crippen LogP contribution >= 0.6 is 0 Å². The average molecular weight is 265 g/mol. The Morgan fingerprint density at radius 1 is 1.12 bits per heavy atom. The van der Waals surface area contributed by atoms with Crippen LogP contribution in [-0.2, 0) is 13.3 Å². The molecule has 2 unspecified atom stereocenters. The van der Waals surface area contributed by atoms with Gasteiger partial charge in [-0.1, -0.05) is 13.8 Å². The van der Waals surface area contributed by atoms with Crippen molar-refractivity contribution in [2.45, 2.75) is 33.0 Å². The van der Waals surface area contributed by atoms with Crippen LogP contribution in [0.5, 0.6) is 0 Å². The summed E-state index contributed by atoms with van der Waals surface area (Å²) in [5.74, 6) is 0.344. The molecule has 104 valence electrons. The van der Waals surface area contributed by atoms with E-state index in [-0.39, 0.29) is 0 Å². The summed E-state index contributed by atoms with van der Waals surface area (Å²) in [5, 5.41) is 9.57. The molecule has 6 heteroatoms. The molecule has 0 saturated heterocycles. The van der Waals surface area contributed by atoms with Crippen LogP contribution in [-0.4, -0.2) is 59.5 Å². The highest BCUT2D eigenvalue weighted by atomic mass is 28.4. The van der Waals surface area contributed by atoms with Gasteiger partial charge in [-0.25, -0.2) is 0 Å². The summed E-state index contributed by atoms with van der Waals surface area (Å²) >= 11 is 0. The van der Waals surface area contributed by atoms with E-state index in [1.807, 2.05) is 11.8 Å². The lowest BCUT2D eigenvalue weighted by atomic mass is 10.2. The van der Waals surface area contributed by atoms with Crippen molar-refractivity contribution in [1.82, 2.24) is 4.90 Å². The minimum Gasteiger partial charge on any atom is -0.379 e. The number of aliphatic hydroxyl groups excluding tert-OH is 1. The first-order chi connectivity index (χ1) is 7.94. The Bertz CT molecular complexity index is 192. The summed E-state index contributed by atoms with van der Waals surface area (Å²) < 4.78 is 16.2. The van der Waals surface area contributed by atoms with Crippen molar-refractivity contribution >= 4 is 8.80 Å². The van der Waals surface area contributed by atoms with Gasteiger partial charge in [0.25, 0.3) is 0 Å². The molecule has 0 aliphatic rings. The van der Waals surface area contributed by atoms with Gasteiger partial charge in [-0.15, -0.1) is 0 Å². The van der Waals surface area contributed by atoms with Gasteiger partial charge in [-0.2, -0.15) is 0 Å². The molecule has 0 radical (unpaired) electrons. The van der Waals surface area contributed by atoms with Crippen LogP contribution in [0.2, 0.25) is 6.04 Å². The predicted octanol–water partition coefficient (Wildman–Crippen LogP) is 1.16. The van der Waals surface area contributed by atoms with Crippen molar-refractivity contribution in [3.63, 3.8) is 0 Å². The van der Waals surface area contributed by atoms with Gasteiger partial charge in [0, 0.05) is 33.9 Å². The minimum absolute atomic E-state index is 0.344. The van der Waals surface area contributed by atoms with Gasteiger partial charge < -0.3 is 18.4 Å². The van der Waals surface area contributed by atoms with Crippen molar-refractivity contribution < 1.29 is 18.4 Å². The van der Waals surface area contributed by atoms with Crippen LogP contribution in [0.25, 0.3) is 0 Å². The smallest absolute Gasteiger partial charge is 0.379 e. The van der Waals surface area contributed by atoms with E-state index in [1.165, 1.54) is 0 Å². The third kappa shape index (κ3) is 5.46. The standard InChI is InChI=1S/C11H27NO4Si/c1-7-12(11(3)13)8-10(2)9-17(14-4,15-5)16-6/h10-11,13H,7-9H2,1-6H3. The quantitative estimate of drug-likeness (QED) is 0.501. The van der Waals surface area contributed by atoms with Crippen molar-refractivity contribution in [1.29, 1.82) is 0 Å². The van der Waals surface area contributed by atoms with Gasteiger partial charge in [0.15, 0.2) is 0 Å². The first-order valence-electron chi connectivity index (χ1n) is 6.02. The zero-order valence-corrected chi connectivity index (χ0v) is 12.9. The van der Waals surface area contributed by atoms with Crippen molar-refractivity contribution in [2.24, 2.45) is 5.92 Å². The van der Waals surface area contributed by atoms with Crippen molar-refractivity contribution in [2.75, 3.05) is 34.4 Å². The Kier molecular flexibility index (Phi) is 8.19. The number of rotatable bonds is 9. The highest BCUT2D eigenvalue weighted by Crippen LogP contribution is 2.20. The Hall–Kier alpha value is 0.0169. The fraction of sp³-hybridized carbons (Fsp3) is 1.00. The van der Waals surface area contributed by atoms with E-state index >= 15 is 0 Å². The lowest BCUT2D eigenvalue weighted by Gasteiger charge is -2.31. The third-order valence-electron chi connectivity index (χ3n) is 3.01. The summed E-state index contributed by atoms with van der Waals surface area (Å²) in [6.45, 7) is 7.56. The summed E-state index contributed by atoms with van der Waals surface area (Å²) in [6.07, 6.45) is -0.425. The van der Waals surface area contributed by atoms with E-state index in [2.05, 4.69) is 6.92 Å². The van der Waals surface area contributed by atoms with Crippen LogP contribution < -0.4 is 0 Å². The molecule has 0 spiro atoms. The molecule has 0 aromatic carbocycles. The summed E-state index contributed by atoms with van der Waals surface area (Å²) in [4.78, 5) is 2.00. The minimum atomic E-state index is -2.50. The maximum Gasteiger partial charge on any atom is 0.500 e. The fourth-order valence-electron chi connectivity index (χ4n) is 1.94. The molecular formula is C11H27NO4Si. The van der Waals surface area contributed by atoms with Gasteiger partial charge in [0.1, 0.15) is 6.23 Å². The molecular weight excluding hydrogens is 238 g/mol. The van der Waals surface area contributed by atoms with Crippen molar-refractivity contribution in [3.05, 3.63) is 0 Å². The summed E-state index contributed by atoms with van der Waals surface area (Å²) in [6, 6.07) is 0.750. The zero-order valence-electron chi connectivity index (χ0n) is 11.9. The van der Waals surface area contributed by atoms with Crippen molar-refractivity contribution in [3.8, 4) is 0 Å². The second kappa shape index (κ2) is 8.18. The Morgan fingerprint density at radius 2 is 1.59 bits per heavy atom. The monoisotopic (exact) mass is 265 g/mol. The van der Waals surface area contributed by atoms with Crippen LogP contribution in [0.3, 0.4) is 0 Å². The fourth-order valence-corrected chi connectivity index (χ4v) is 3.92. The molecule has 0 rings (SSSR count). The molecule has 0 amide bonds. The third-order valence-corrected chi connectivity index (χ3v) is 6.08. The topological polar surface area (TPSA) is 51.2 Å². The normalized spacial score (nSPS) is 16.2. The molecule has 1 N–H and O–H groups in total. The van der Waals surface area contributed by atoms with E-state index in [1.54, 1.807) is 28.3 Å². The Labute approximate surface area is 106 Å². The molecule has 0 fully saturated rings. The largest absolute Gasteiger partial charge is 0.500 e. The molecule has 0 aromatic heterocycles. The molecule has 0 aromatic rings. The van der Waals surface area contributed by atoms with Gasteiger partial charge >= 0.3 is 8.80 Å². The molecule has 0 bridgehead atoms.